The number of hydrogen-bond donors (Lipinski definition) is 2. The summed E-state index contributed by atoms with van der Waals surface area (Å²) in [6, 6.07) is 9.39. The molecule has 0 amide bonds. The summed E-state index contributed by atoms with van der Waals surface area (Å²) in [6.07, 6.45) is 1.44. The van der Waals surface area contributed by atoms with Crippen LogP contribution in [0.25, 0.3) is 0 Å². The van der Waals surface area contributed by atoms with Gasteiger partial charge in [-0.3, -0.25) is 13.9 Å². The number of nitrogen functional groups attached to an aromatic ring is 1. The maximum absolute atomic E-state index is 12.5. The third-order valence-corrected chi connectivity index (χ3v) is 5.75. The van der Waals surface area contributed by atoms with Gasteiger partial charge in [0, 0.05) is 6.20 Å². The minimum absolute atomic E-state index is 0.114. The zero-order chi connectivity index (χ0) is 23.3. The first-order valence-corrected chi connectivity index (χ1v) is 11.5. The lowest BCUT2D eigenvalue weighted by Crippen LogP contribution is -2.39. The van der Waals surface area contributed by atoms with Crippen molar-refractivity contribution in [3.8, 4) is 0 Å². The third kappa shape index (κ3) is 5.93. The summed E-state index contributed by atoms with van der Waals surface area (Å²) in [4.78, 5) is 33.3. The van der Waals surface area contributed by atoms with E-state index in [1.807, 2.05) is 6.07 Å². The molecule has 13 heteroatoms. The molecule has 1 aromatic heterocycles. The van der Waals surface area contributed by atoms with Gasteiger partial charge >= 0.3 is 19.4 Å². The molecule has 0 radical (unpaired) electrons. The number of carbonyl (C=O) groups is 1. The molecule has 12 nitrogen and oxygen atoms in total. The SMILES string of the molecule is CON(c1ccccc1)[C@@H](C)C(=O)OP(N)(=O)OC[C@@H]1CC[C@H](n2ccc(N)nc2=O)O1. The van der Waals surface area contributed by atoms with Crippen LogP contribution >= 0.6 is 7.75 Å². The lowest BCUT2D eigenvalue weighted by atomic mass is 10.2. The second kappa shape index (κ2) is 10.2. The summed E-state index contributed by atoms with van der Waals surface area (Å²) in [7, 11) is -2.82. The van der Waals surface area contributed by atoms with Crippen LogP contribution in [-0.2, 0) is 28.0 Å². The Labute approximate surface area is 184 Å². The van der Waals surface area contributed by atoms with E-state index in [0.29, 0.717) is 18.5 Å². The van der Waals surface area contributed by atoms with E-state index in [9.17, 15) is 14.2 Å². The van der Waals surface area contributed by atoms with Crippen molar-refractivity contribution in [3.63, 3.8) is 0 Å². The topological polar surface area (TPSA) is 161 Å². The van der Waals surface area contributed by atoms with Gasteiger partial charge in [-0.05, 0) is 38.0 Å². The van der Waals surface area contributed by atoms with E-state index in [1.165, 1.54) is 35.9 Å². The maximum Gasteiger partial charge on any atom is 0.458 e. The number of aromatic nitrogens is 2. The van der Waals surface area contributed by atoms with Crippen molar-refractivity contribution < 1.29 is 28.0 Å². The second-order valence-corrected chi connectivity index (χ2v) is 8.62. The quantitative estimate of drug-likeness (QED) is 0.407. The van der Waals surface area contributed by atoms with Crippen LogP contribution in [0.2, 0.25) is 0 Å². The minimum Gasteiger partial charge on any atom is -0.383 e. The molecular weight excluding hydrogens is 441 g/mol. The number of ether oxygens (including phenoxy) is 1. The van der Waals surface area contributed by atoms with Crippen molar-refractivity contribution >= 4 is 25.2 Å². The molecule has 0 saturated carbocycles. The minimum atomic E-state index is -4.21. The largest absolute Gasteiger partial charge is 0.458 e. The van der Waals surface area contributed by atoms with Crippen molar-refractivity contribution in [1.82, 2.24) is 9.55 Å². The predicted molar refractivity (Wildman–Crippen MR) is 115 cm³/mol. The van der Waals surface area contributed by atoms with Gasteiger partial charge in [0.2, 0.25) is 0 Å². The molecule has 2 heterocycles. The highest BCUT2D eigenvalue weighted by Crippen LogP contribution is 2.41. The smallest absolute Gasteiger partial charge is 0.383 e. The number of carbonyl (C=O) groups excluding carboxylic acids is 1. The molecule has 1 aromatic carbocycles. The molecule has 4 N–H and O–H groups in total. The molecule has 1 fully saturated rings. The van der Waals surface area contributed by atoms with Crippen LogP contribution in [0.4, 0.5) is 11.5 Å². The van der Waals surface area contributed by atoms with Crippen molar-refractivity contribution in [3.05, 3.63) is 53.1 Å². The number of hydrogen-bond acceptors (Lipinski definition) is 10. The predicted octanol–water partition coefficient (Wildman–Crippen LogP) is 1.59. The first-order chi connectivity index (χ1) is 15.2. The number of para-hydroxylation sites is 1. The van der Waals surface area contributed by atoms with Crippen molar-refractivity contribution in [2.24, 2.45) is 5.50 Å². The van der Waals surface area contributed by atoms with E-state index in [4.69, 9.17) is 29.9 Å². The summed E-state index contributed by atoms with van der Waals surface area (Å²) in [5.74, 6) is -0.769. The van der Waals surface area contributed by atoms with Gasteiger partial charge in [-0.15, -0.1) is 0 Å². The van der Waals surface area contributed by atoms with Crippen LogP contribution < -0.4 is 22.0 Å². The Bertz CT molecular complexity index is 1030. The highest BCUT2D eigenvalue weighted by Gasteiger charge is 2.34. The van der Waals surface area contributed by atoms with Gasteiger partial charge in [0.05, 0.1) is 25.5 Å². The van der Waals surface area contributed by atoms with Gasteiger partial charge in [0.25, 0.3) is 0 Å². The van der Waals surface area contributed by atoms with E-state index in [-0.39, 0.29) is 12.4 Å². The van der Waals surface area contributed by atoms with Gasteiger partial charge in [0.15, 0.2) is 6.04 Å². The second-order valence-electron chi connectivity index (χ2n) is 7.10. The molecule has 1 unspecified atom stereocenters. The average molecular weight is 467 g/mol. The summed E-state index contributed by atoms with van der Waals surface area (Å²) >= 11 is 0. The van der Waals surface area contributed by atoms with Crippen molar-refractivity contribution in [1.29, 1.82) is 0 Å². The molecule has 3 rings (SSSR count). The molecule has 1 aliphatic rings. The number of nitrogens with two attached hydrogens (primary N) is 2. The Hall–Kier alpha value is -2.76. The molecule has 174 valence electrons. The number of rotatable bonds is 9. The highest BCUT2D eigenvalue weighted by molar-refractivity contribution is 7.51. The number of benzene rings is 1. The molecule has 2 aromatic rings. The molecule has 1 aliphatic heterocycles. The zero-order valence-corrected chi connectivity index (χ0v) is 18.6. The van der Waals surface area contributed by atoms with Gasteiger partial charge in [-0.1, -0.05) is 18.2 Å². The van der Waals surface area contributed by atoms with Crippen LogP contribution in [0.5, 0.6) is 0 Å². The van der Waals surface area contributed by atoms with Crippen molar-refractivity contribution in [2.75, 3.05) is 24.5 Å². The first kappa shape index (κ1) is 23.9. The third-order valence-electron chi connectivity index (χ3n) is 4.80. The van der Waals surface area contributed by atoms with Crippen LogP contribution in [0.3, 0.4) is 0 Å². The molecule has 32 heavy (non-hydrogen) atoms. The molecule has 0 bridgehead atoms. The standard InChI is InChI=1S/C19H26N5O7P/c1-13(24(28-2)14-6-4-3-5-7-14)18(25)31-32(21,27)29-12-15-8-9-17(30-15)23-11-10-16(20)22-19(23)26/h3-7,10-11,13,15,17H,8-9,12H2,1-2H3,(H2,21,27)(H2,20,22,26)/t13-,15-,17+,32?/m0/s1. The van der Waals surface area contributed by atoms with Gasteiger partial charge in [-0.25, -0.2) is 24.7 Å². The van der Waals surface area contributed by atoms with Gasteiger partial charge in [0.1, 0.15) is 12.0 Å². The normalized spacial score (nSPS) is 21.0. The summed E-state index contributed by atoms with van der Waals surface area (Å²) in [5, 5.41) is 1.30. The summed E-state index contributed by atoms with van der Waals surface area (Å²) in [6.45, 7) is 1.33. The lowest BCUT2D eigenvalue weighted by molar-refractivity contribution is -0.138. The maximum atomic E-state index is 12.5. The number of nitrogens with zero attached hydrogens (tertiary/aromatic N) is 3. The molecule has 0 spiro atoms. The van der Waals surface area contributed by atoms with E-state index in [2.05, 4.69) is 4.98 Å². The Morgan fingerprint density at radius 2 is 2.06 bits per heavy atom. The lowest BCUT2D eigenvalue weighted by Gasteiger charge is -2.27. The Morgan fingerprint density at radius 1 is 1.34 bits per heavy atom. The first-order valence-electron chi connectivity index (χ1n) is 9.85. The average Bonchev–Trinajstić information content (AvgIpc) is 3.22. The van der Waals surface area contributed by atoms with Crippen molar-refractivity contribution in [2.45, 2.75) is 38.1 Å². The van der Waals surface area contributed by atoms with Crippen LogP contribution in [-0.4, -0.2) is 41.4 Å². The van der Waals surface area contributed by atoms with Crippen LogP contribution in [0.1, 0.15) is 26.0 Å². The van der Waals surface area contributed by atoms with E-state index in [1.54, 1.807) is 24.3 Å². The Morgan fingerprint density at radius 3 is 2.72 bits per heavy atom. The monoisotopic (exact) mass is 467 g/mol. The molecule has 4 atom stereocenters. The Kier molecular flexibility index (Phi) is 7.64. The molecule has 0 aliphatic carbocycles. The van der Waals surface area contributed by atoms with Gasteiger partial charge in [-0.2, -0.15) is 4.98 Å². The fraction of sp³-hybridized carbons (Fsp3) is 0.421. The fourth-order valence-electron chi connectivity index (χ4n) is 3.23. The van der Waals surface area contributed by atoms with E-state index in [0.717, 1.165) is 0 Å². The van der Waals surface area contributed by atoms with E-state index < -0.39 is 37.8 Å². The van der Waals surface area contributed by atoms with Crippen LogP contribution in [0, 0.1) is 0 Å². The van der Waals surface area contributed by atoms with Gasteiger partial charge < -0.3 is 15.0 Å². The van der Waals surface area contributed by atoms with E-state index >= 15 is 0 Å². The highest BCUT2D eigenvalue weighted by atomic mass is 31.2. The van der Waals surface area contributed by atoms with Crippen LogP contribution in [0.15, 0.2) is 47.4 Å². The Balaban J connectivity index is 1.53. The number of anilines is 2. The summed E-state index contributed by atoms with van der Waals surface area (Å²) < 4.78 is 29.6. The molecular formula is C19H26N5O7P. The molecule has 1 saturated heterocycles. The zero-order valence-electron chi connectivity index (χ0n) is 17.7. The number of hydroxylamine groups is 1. The summed E-state index contributed by atoms with van der Waals surface area (Å²) in [5.41, 5.74) is 11.1. The fourth-order valence-corrected chi connectivity index (χ4v) is 4.06.